The summed E-state index contributed by atoms with van der Waals surface area (Å²) in [6.07, 6.45) is 1.60. The van der Waals surface area contributed by atoms with E-state index in [0.717, 1.165) is 4.88 Å². The minimum Gasteiger partial charge on any atom is -0.398 e. The minimum absolute atomic E-state index is 0.0217. The fraction of sp³-hybridized carbons (Fsp3) is 0.182. The van der Waals surface area contributed by atoms with E-state index >= 15 is 0 Å². The molecule has 0 unspecified atom stereocenters. The third-order valence-electron chi connectivity index (χ3n) is 2.51. The summed E-state index contributed by atoms with van der Waals surface area (Å²) >= 11 is 7.20. The Bertz CT molecular complexity index is 702. The number of nitrogen functional groups attached to an aromatic ring is 1. The van der Waals surface area contributed by atoms with Gasteiger partial charge in [-0.2, -0.15) is 0 Å². The highest BCUT2D eigenvalue weighted by molar-refractivity contribution is 7.93. The van der Waals surface area contributed by atoms with Crippen LogP contribution in [-0.4, -0.2) is 13.4 Å². The Morgan fingerprint density at radius 2 is 2.05 bits per heavy atom. The molecule has 0 saturated carbocycles. The van der Waals surface area contributed by atoms with E-state index in [1.807, 2.05) is 6.92 Å². The molecule has 0 amide bonds. The molecule has 2 aromatic rings. The summed E-state index contributed by atoms with van der Waals surface area (Å²) in [6.45, 7) is 3.57. The van der Waals surface area contributed by atoms with Crippen LogP contribution in [0, 0.1) is 13.8 Å². The van der Waals surface area contributed by atoms with Gasteiger partial charge in [0.25, 0.3) is 10.0 Å². The second kappa shape index (κ2) is 4.99. The summed E-state index contributed by atoms with van der Waals surface area (Å²) < 4.78 is 26.7. The number of sulfonamides is 1. The molecular weight excluding hydrogens is 306 g/mol. The Hall–Kier alpha value is -1.31. The van der Waals surface area contributed by atoms with Crippen molar-refractivity contribution in [3.05, 3.63) is 33.8 Å². The summed E-state index contributed by atoms with van der Waals surface area (Å²) in [5.41, 5.74) is 6.72. The van der Waals surface area contributed by atoms with E-state index in [1.165, 1.54) is 23.5 Å². The van der Waals surface area contributed by atoms with Crippen molar-refractivity contribution < 1.29 is 8.42 Å². The Labute approximate surface area is 120 Å². The lowest BCUT2D eigenvalue weighted by Crippen LogP contribution is -2.13. The van der Waals surface area contributed by atoms with Gasteiger partial charge in [-0.1, -0.05) is 11.6 Å². The van der Waals surface area contributed by atoms with Crippen molar-refractivity contribution in [2.24, 2.45) is 0 Å². The van der Waals surface area contributed by atoms with E-state index in [0.29, 0.717) is 21.4 Å². The molecular formula is C11H12ClN3O2S2. The normalized spacial score (nSPS) is 11.5. The SMILES string of the molecule is Cc1cnc(NS(=O)(=O)c2cc(N)c(C)c(Cl)c2)s1. The maximum Gasteiger partial charge on any atom is 0.263 e. The van der Waals surface area contributed by atoms with Crippen molar-refractivity contribution in [3.63, 3.8) is 0 Å². The first-order chi connectivity index (χ1) is 8.79. The number of anilines is 2. The molecule has 0 atom stereocenters. The molecule has 0 fully saturated rings. The van der Waals surface area contributed by atoms with Crippen molar-refractivity contribution in [2.45, 2.75) is 18.7 Å². The van der Waals surface area contributed by atoms with Crippen LogP contribution in [0.3, 0.4) is 0 Å². The van der Waals surface area contributed by atoms with Crippen LogP contribution < -0.4 is 10.5 Å². The van der Waals surface area contributed by atoms with Gasteiger partial charge in [-0.05, 0) is 31.5 Å². The number of nitrogens with zero attached hydrogens (tertiary/aromatic N) is 1. The maximum atomic E-state index is 12.2. The zero-order valence-electron chi connectivity index (χ0n) is 10.3. The van der Waals surface area contributed by atoms with Crippen molar-refractivity contribution in [1.82, 2.24) is 4.98 Å². The summed E-state index contributed by atoms with van der Waals surface area (Å²) in [5.74, 6) is 0. The van der Waals surface area contributed by atoms with Gasteiger partial charge < -0.3 is 5.73 Å². The second-order valence-corrected chi connectivity index (χ2v) is 7.33. The van der Waals surface area contributed by atoms with Crippen molar-refractivity contribution in [3.8, 4) is 0 Å². The molecule has 3 N–H and O–H groups in total. The van der Waals surface area contributed by atoms with Crippen LogP contribution in [0.15, 0.2) is 23.2 Å². The van der Waals surface area contributed by atoms with Gasteiger partial charge in [0.05, 0.1) is 4.90 Å². The monoisotopic (exact) mass is 317 g/mol. The first kappa shape index (κ1) is 14.1. The number of nitrogens with one attached hydrogen (secondary N) is 1. The van der Waals surface area contributed by atoms with Crippen LogP contribution in [0.1, 0.15) is 10.4 Å². The van der Waals surface area contributed by atoms with Gasteiger partial charge in [-0.15, -0.1) is 11.3 Å². The molecule has 0 aliphatic heterocycles. The van der Waals surface area contributed by atoms with E-state index in [4.69, 9.17) is 17.3 Å². The highest BCUT2D eigenvalue weighted by atomic mass is 35.5. The molecule has 0 aliphatic carbocycles. The van der Waals surface area contributed by atoms with E-state index in [-0.39, 0.29) is 4.90 Å². The molecule has 0 bridgehead atoms. The Kier molecular flexibility index (Phi) is 3.71. The topological polar surface area (TPSA) is 85.1 Å². The lowest BCUT2D eigenvalue weighted by molar-refractivity contribution is 0.601. The molecule has 5 nitrogen and oxygen atoms in total. The fourth-order valence-electron chi connectivity index (χ4n) is 1.41. The zero-order valence-corrected chi connectivity index (χ0v) is 12.7. The van der Waals surface area contributed by atoms with Crippen molar-refractivity contribution >= 4 is 43.8 Å². The first-order valence-electron chi connectivity index (χ1n) is 5.30. The van der Waals surface area contributed by atoms with Gasteiger partial charge in [-0.25, -0.2) is 13.4 Å². The molecule has 0 aliphatic rings. The zero-order chi connectivity index (χ0) is 14.2. The molecule has 1 heterocycles. The van der Waals surface area contributed by atoms with Crippen LogP contribution in [0.4, 0.5) is 10.8 Å². The number of halogens is 1. The molecule has 0 spiro atoms. The highest BCUT2D eigenvalue weighted by Gasteiger charge is 2.18. The summed E-state index contributed by atoms with van der Waals surface area (Å²) in [7, 11) is -3.73. The quantitative estimate of drug-likeness (QED) is 0.852. The molecule has 19 heavy (non-hydrogen) atoms. The van der Waals surface area contributed by atoms with Gasteiger partial charge in [-0.3, -0.25) is 4.72 Å². The average molecular weight is 318 g/mol. The van der Waals surface area contributed by atoms with Gasteiger partial charge in [0.2, 0.25) is 0 Å². The lowest BCUT2D eigenvalue weighted by Gasteiger charge is -2.09. The van der Waals surface area contributed by atoms with Crippen LogP contribution in [-0.2, 0) is 10.0 Å². The van der Waals surface area contributed by atoms with E-state index < -0.39 is 10.0 Å². The first-order valence-corrected chi connectivity index (χ1v) is 7.98. The molecule has 0 saturated heterocycles. The van der Waals surface area contributed by atoms with Crippen LogP contribution in [0.2, 0.25) is 5.02 Å². The van der Waals surface area contributed by atoms with E-state index in [1.54, 1.807) is 13.1 Å². The predicted octanol–water partition coefficient (Wildman–Crippen LogP) is 2.80. The second-order valence-electron chi connectivity index (χ2n) is 4.00. The number of aryl methyl sites for hydroxylation is 1. The average Bonchev–Trinajstić information content (AvgIpc) is 2.70. The number of thiazole rings is 1. The van der Waals surface area contributed by atoms with Crippen molar-refractivity contribution in [2.75, 3.05) is 10.5 Å². The number of benzene rings is 1. The van der Waals surface area contributed by atoms with E-state index in [9.17, 15) is 8.42 Å². The van der Waals surface area contributed by atoms with Gasteiger partial charge in [0.15, 0.2) is 5.13 Å². The Morgan fingerprint density at radius 3 is 2.58 bits per heavy atom. The number of rotatable bonds is 3. The van der Waals surface area contributed by atoms with Crippen molar-refractivity contribution in [1.29, 1.82) is 0 Å². The van der Waals surface area contributed by atoms with Crippen LogP contribution >= 0.6 is 22.9 Å². The Morgan fingerprint density at radius 1 is 1.37 bits per heavy atom. The minimum atomic E-state index is -3.73. The standard InChI is InChI=1S/C11H12ClN3O2S2/c1-6-5-14-11(18-6)15-19(16,17)8-3-9(12)7(2)10(13)4-8/h3-5H,13H2,1-2H3,(H,14,15). The maximum absolute atomic E-state index is 12.2. The van der Waals surface area contributed by atoms with Gasteiger partial charge >= 0.3 is 0 Å². The largest absolute Gasteiger partial charge is 0.398 e. The fourth-order valence-corrected chi connectivity index (χ4v) is 3.66. The lowest BCUT2D eigenvalue weighted by atomic mass is 10.2. The van der Waals surface area contributed by atoms with Gasteiger partial charge in [0, 0.05) is 21.8 Å². The molecule has 1 aromatic heterocycles. The highest BCUT2D eigenvalue weighted by Crippen LogP contribution is 2.28. The number of aromatic nitrogens is 1. The molecule has 1 aromatic carbocycles. The summed E-state index contributed by atoms with van der Waals surface area (Å²) in [6, 6.07) is 2.75. The number of hydrogen-bond acceptors (Lipinski definition) is 5. The third-order valence-corrected chi connectivity index (χ3v) is 5.18. The summed E-state index contributed by atoms with van der Waals surface area (Å²) in [4.78, 5) is 4.89. The van der Waals surface area contributed by atoms with Crippen LogP contribution in [0.25, 0.3) is 0 Å². The predicted molar refractivity (Wildman–Crippen MR) is 78.3 cm³/mol. The molecule has 2 rings (SSSR count). The molecule has 8 heteroatoms. The summed E-state index contributed by atoms with van der Waals surface area (Å²) in [5, 5.41) is 0.628. The third kappa shape index (κ3) is 2.99. The Balaban J connectivity index is 2.40. The number of nitrogens with two attached hydrogens (primary N) is 1. The smallest absolute Gasteiger partial charge is 0.263 e. The van der Waals surface area contributed by atoms with Crippen LogP contribution in [0.5, 0.6) is 0 Å². The number of hydrogen-bond donors (Lipinski definition) is 2. The molecule has 0 radical (unpaired) electrons. The van der Waals surface area contributed by atoms with Gasteiger partial charge in [0.1, 0.15) is 0 Å². The molecule has 102 valence electrons. The van der Waals surface area contributed by atoms with E-state index in [2.05, 4.69) is 9.71 Å².